The molecule has 0 aromatic rings. The van der Waals surface area contributed by atoms with E-state index in [1.165, 1.54) is 269 Å². The van der Waals surface area contributed by atoms with Gasteiger partial charge in [-0.05, 0) is 57.8 Å². The molecule has 4 N–H and O–H groups in total. The second-order valence-corrected chi connectivity index (χ2v) is 23.0. The van der Waals surface area contributed by atoms with Crippen LogP contribution in [0.25, 0.3) is 0 Å². The maximum Gasteiger partial charge on any atom is 0.305 e. The Morgan fingerprint density at radius 1 is 0.400 bits per heavy atom. The Morgan fingerprint density at radius 2 is 0.733 bits per heavy atom. The topological polar surface area (TPSA) is 116 Å². The number of aliphatic hydroxyl groups excluding tert-OH is 3. The predicted molar refractivity (Wildman–Crippen MR) is 325 cm³/mol. The van der Waals surface area contributed by atoms with E-state index in [-0.39, 0.29) is 18.5 Å². The van der Waals surface area contributed by atoms with Crippen LogP contribution in [0, 0.1) is 0 Å². The highest BCUT2D eigenvalue weighted by Gasteiger charge is 2.18. The molecule has 0 saturated heterocycles. The Bertz CT molecular complexity index is 1230. The number of carbonyl (C=O) groups excluding carboxylic acids is 2. The number of allylic oxidation sites excluding steroid dienone is 4. The Labute approximate surface area is 466 Å². The smallest absolute Gasteiger partial charge is 0.305 e. The molecule has 442 valence electrons. The third-order valence-corrected chi connectivity index (χ3v) is 15.5. The minimum Gasteiger partial charge on any atom is -0.466 e. The maximum atomic E-state index is 12.5. The summed E-state index contributed by atoms with van der Waals surface area (Å²) in [6.07, 6.45) is 76.4. The summed E-state index contributed by atoms with van der Waals surface area (Å²) in [6.45, 7) is 4.79. The van der Waals surface area contributed by atoms with Gasteiger partial charge in [-0.2, -0.15) is 0 Å². The summed E-state index contributed by atoms with van der Waals surface area (Å²) < 4.78 is 5.48. The van der Waals surface area contributed by atoms with Gasteiger partial charge in [0.25, 0.3) is 0 Å². The number of nitrogens with one attached hydrogen (secondary N) is 1. The standard InChI is InChI=1S/C68H129NO6/c1-3-5-7-9-11-13-15-17-31-35-39-43-47-51-55-59-68(74)75-62-56-52-48-44-40-36-33-30-28-26-24-22-20-18-19-21-23-25-27-29-32-34-38-42-46-50-54-58-67(73)69-65(63-70)66(72)61-60-64(71)57-53-49-45-41-37-16-14-12-10-8-6-4-2/h11,13,17,31,60-61,64-66,70-72H,3-10,12,14-16,18-30,32-59,62-63H2,1-2H3,(H,69,73)/b13-11-,31-17-,61-60+/t64-,65+,66-/m1/s1. The largest absolute Gasteiger partial charge is 0.466 e. The van der Waals surface area contributed by atoms with Crippen LogP contribution < -0.4 is 5.32 Å². The van der Waals surface area contributed by atoms with Gasteiger partial charge in [0, 0.05) is 12.8 Å². The minimum absolute atomic E-state index is 0.00106. The number of ether oxygens (including phenoxy) is 1. The van der Waals surface area contributed by atoms with E-state index in [0.717, 1.165) is 57.8 Å². The first-order chi connectivity index (χ1) is 36.9. The summed E-state index contributed by atoms with van der Waals surface area (Å²) in [6, 6.07) is -0.749. The van der Waals surface area contributed by atoms with Crippen LogP contribution in [0.2, 0.25) is 0 Å². The summed E-state index contributed by atoms with van der Waals surface area (Å²) in [4.78, 5) is 24.6. The molecule has 0 rings (SSSR count). The lowest BCUT2D eigenvalue weighted by molar-refractivity contribution is -0.143. The second kappa shape index (κ2) is 62.9. The van der Waals surface area contributed by atoms with Gasteiger partial charge in [-0.15, -0.1) is 0 Å². The fourth-order valence-corrected chi connectivity index (χ4v) is 10.3. The third-order valence-electron chi connectivity index (χ3n) is 15.5. The number of carbonyl (C=O) groups is 2. The van der Waals surface area contributed by atoms with E-state index < -0.39 is 18.2 Å². The molecule has 0 unspecified atom stereocenters. The molecule has 0 aliphatic carbocycles. The van der Waals surface area contributed by atoms with E-state index >= 15 is 0 Å². The Hall–Kier alpha value is -1.96. The van der Waals surface area contributed by atoms with Gasteiger partial charge in [0.05, 0.1) is 31.5 Å². The highest BCUT2D eigenvalue weighted by molar-refractivity contribution is 5.76. The van der Waals surface area contributed by atoms with Crippen LogP contribution in [0.4, 0.5) is 0 Å². The van der Waals surface area contributed by atoms with Crippen LogP contribution in [-0.4, -0.2) is 58.7 Å². The summed E-state index contributed by atoms with van der Waals surface area (Å²) >= 11 is 0. The van der Waals surface area contributed by atoms with Crippen molar-refractivity contribution < 1.29 is 29.6 Å². The fraction of sp³-hybridized carbons (Fsp3) is 0.882. The highest BCUT2D eigenvalue weighted by atomic mass is 16.5. The lowest BCUT2D eigenvalue weighted by Crippen LogP contribution is -2.45. The summed E-state index contributed by atoms with van der Waals surface area (Å²) in [5, 5.41) is 33.4. The average Bonchev–Trinajstić information content (AvgIpc) is 3.41. The van der Waals surface area contributed by atoms with Crippen LogP contribution in [0.5, 0.6) is 0 Å². The molecular formula is C68H129NO6. The molecule has 0 fully saturated rings. The van der Waals surface area contributed by atoms with Gasteiger partial charge in [0.15, 0.2) is 0 Å². The number of hydrogen-bond donors (Lipinski definition) is 4. The minimum atomic E-state index is -1.02. The van der Waals surface area contributed by atoms with Crippen molar-refractivity contribution in [3.05, 3.63) is 36.5 Å². The van der Waals surface area contributed by atoms with Crippen molar-refractivity contribution in [1.82, 2.24) is 5.32 Å². The van der Waals surface area contributed by atoms with Gasteiger partial charge in [0.1, 0.15) is 0 Å². The first kappa shape index (κ1) is 73.0. The number of rotatable bonds is 62. The molecule has 0 radical (unpaired) electrons. The zero-order valence-corrected chi connectivity index (χ0v) is 50.2. The lowest BCUT2D eigenvalue weighted by atomic mass is 10.0. The number of amides is 1. The van der Waals surface area contributed by atoms with Gasteiger partial charge in [0.2, 0.25) is 5.91 Å². The average molecular weight is 1060 g/mol. The first-order valence-electron chi connectivity index (χ1n) is 33.3. The fourth-order valence-electron chi connectivity index (χ4n) is 10.3. The van der Waals surface area contributed by atoms with Gasteiger partial charge in [-0.25, -0.2) is 0 Å². The van der Waals surface area contributed by atoms with Crippen LogP contribution >= 0.6 is 0 Å². The zero-order chi connectivity index (χ0) is 54.4. The molecule has 0 aliphatic rings. The molecule has 0 saturated carbocycles. The maximum absolute atomic E-state index is 12.5. The van der Waals surface area contributed by atoms with Crippen molar-refractivity contribution >= 4 is 11.9 Å². The molecule has 0 bridgehead atoms. The van der Waals surface area contributed by atoms with Crippen LogP contribution in [0.1, 0.15) is 354 Å². The SMILES string of the molecule is CCCCC/C=C\C/C=C\CCCCCCCC(=O)OCCCCCCCCCCCCCCCCCCCCCCCCCCCCCC(=O)N[C@@H](CO)[C@H](O)/C=C/[C@H](O)CCCCCCCCCCCCCC. The number of unbranched alkanes of at least 4 members (excludes halogenated alkanes) is 45. The van der Waals surface area contributed by atoms with Crippen molar-refractivity contribution in [2.24, 2.45) is 0 Å². The molecular weight excluding hydrogens is 927 g/mol. The molecule has 0 heterocycles. The first-order valence-corrected chi connectivity index (χ1v) is 33.3. The second-order valence-electron chi connectivity index (χ2n) is 23.0. The molecule has 1 amide bonds. The van der Waals surface area contributed by atoms with Crippen molar-refractivity contribution in [2.45, 2.75) is 372 Å². The summed E-state index contributed by atoms with van der Waals surface area (Å²) in [5.41, 5.74) is 0. The van der Waals surface area contributed by atoms with Crippen LogP contribution in [0.3, 0.4) is 0 Å². The third kappa shape index (κ3) is 59.5. The highest BCUT2D eigenvalue weighted by Crippen LogP contribution is 2.18. The van der Waals surface area contributed by atoms with E-state index in [0.29, 0.717) is 25.9 Å². The van der Waals surface area contributed by atoms with Crippen molar-refractivity contribution in [2.75, 3.05) is 13.2 Å². The van der Waals surface area contributed by atoms with Gasteiger partial charge in [-0.1, -0.05) is 320 Å². The lowest BCUT2D eigenvalue weighted by Gasteiger charge is -2.20. The Kier molecular flexibility index (Phi) is 61.2. The molecule has 0 spiro atoms. The number of hydrogen-bond acceptors (Lipinski definition) is 6. The Morgan fingerprint density at radius 3 is 1.15 bits per heavy atom. The van der Waals surface area contributed by atoms with Crippen molar-refractivity contribution in [3.8, 4) is 0 Å². The normalized spacial score (nSPS) is 13.2. The molecule has 0 aliphatic heterocycles. The molecule has 3 atom stereocenters. The number of esters is 1. The zero-order valence-electron chi connectivity index (χ0n) is 50.2. The van der Waals surface area contributed by atoms with E-state index in [4.69, 9.17) is 4.74 Å². The molecule has 7 heteroatoms. The molecule has 7 nitrogen and oxygen atoms in total. The monoisotopic (exact) mass is 1060 g/mol. The van der Waals surface area contributed by atoms with E-state index in [2.05, 4.69) is 43.5 Å². The van der Waals surface area contributed by atoms with Gasteiger partial charge >= 0.3 is 5.97 Å². The quantitative estimate of drug-likeness (QED) is 0.0274. The van der Waals surface area contributed by atoms with Crippen molar-refractivity contribution in [3.63, 3.8) is 0 Å². The molecule has 75 heavy (non-hydrogen) atoms. The van der Waals surface area contributed by atoms with Crippen LogP contribution in [-0.2, 0) is 14.3 Å². The van der Waals surface area contributed by atoms with Crippen LogP contribution in [0.15, 0.2) is 36.5 Å². The molecule has 0 aromatic carbocycles. The summed E-state index contributed by atoms with van der Waals surface area (Å²) in [5.74, 6) is -0.127. The number of aliphatic hydroxyl groups is 3. The van der Waals surface area contributed by atoms with E-state index in [9.17, 15) is 24.9 Å². The predicted octanol–water partition coefficient (Wildman–Crippen LogP) is 20.1. The van der Waals surface area contributed by atoms with E-state index in [1.54, 1.807) is 6.08 Å². The van der Waals surface area contributed by atoms with Gasteiger partial charge in [-0.3, -0.25) is 9.59 Å². The van der Waals surface area contributed by atoms with E-state index in [1.807, 2.05) is 0 Å². The van der Waals surface area contributed by atoms with Crippen molar-refractivity contribution in [1.29, 1.82) is 0 Å². The molecule has 0 aromatic heterocycles. The Balaban J connectivity index is 3.41. The van der Waals surface area contributed by atoms with Gasteiger partial charge < -0.3 is 25.4 Å². The summed E-state index contributed by atoms with van der Waals surface area (Å²) in [7, 11) is 0.